The minimum atomic E-state index is -1.41. The van der Waals surface area contributed by atoms with E-state index in [9.17, 15) is 14.7 Å². The molecule has 19 heavy (non-hydrogen) atoms. The molecule has 1 N–H and O–H groups in total. The molecule has 0 aromatic carbocycles. The van der Waals surface area contributed by atoms with Gasteiger partial charge >= 0.3 is 11.9 Å². The van der Waals surface area contributed by atoms with Gasteiger partial charge in [-0.05, 0) is 37.5 Å². The van der Waals surface area contributed by atoms with Crippen LogP contribution >= 0.6 is 0 Å². The van der Waals surface area contributed by atoms with Crippen LogP contribution in [0.2, 0.25) is 0 Å². The van der Waals surface area contributed by atoms with Crippen molar-refractivity contribution in [3.63, 3.8) is 0 Å². The smallest absolute Gasteiger partial charge is 0.323 e. The van der Waals surface area contributed by atoms with Crippen molar-refractivity contribution in [2.75, 3.05) is 6.61 Å². The van der Waals surface area contributed by atoms with Crippen molar-refractivity contribution in [1.82, 2.24) is 0 Å². The number of hydrogen-bond acceptors (Lipinski definition) is 3. The SMILES string of the molecule is CCOC(=O)C(CCC(C)(C)C)(CC(C)C)C(=O)O. The summed E-state index contributed by atoms with van der Waals surface area (Å²) in [5.41, 5.74) is -1.42. The van der Waals surface area contributed by atoms with E-state index in [-0.39, 0.29) is 17.9 Å². The molecular formula is C15H28O4. The normalized spacial score (nSPS) is 15.1. The maximum absolute atomic E-state index is 12.2. The number of carbonyl (C=O) groups excluding carboxylic acids is 1. The molecule has 0 aliphatic rings. The van der Waals surface area contributed by atoms with E-state index >= 15 is 0 Å². The van der Waals surface area contributed by atoms with Crippen molar-refractivity contribution in [2.24, 2.45) is 16.7 Å². The summed E-state index contributed by atoms with van der Waals surface area (Å²) in [6.45, 7) is 11.9. The predicted molar refractivity (Wildman–Crippen MR) is 74.8 cm³/mol. The molecule has 0 amide bonds. The number of esters is 1. The highest BCUT2D eigenvalue weighted by atomic mass is 16.5. The second kappa shape index (κ2) is 6.92. The summed E-state index contributed by atoms with van der Waals surface area (Å²) in [5, 5.41) is 9.57. The Kier molecular flexibility index (Phi) is 6.53. The zero-order valence-corrected chi connectivity index (χ0v) is 13.1. The third-order valence-corrected chi connectivity index (χ3v) is 3.13. The van der Waals surface area contributed by atoms with Gasteiger partial charge in [0.05, 0.1) is 6.61 Å². The minimum Gasteiger partial charge on any atom is -0.480 e. The number of aliphatic carboxylic acids is 1. The van der Waals surface area contributed by atoms with Crippen molar-refractivity contribution in [3.8, 4) is 0 Å². The zero-order valence-electron chi connectivity index (χ0n) is 13.1. The molecule has 0 saturated heterocycles. The molecular weight excluding hydrogens is 244 g/mol. The molecule has 0 aliphatic heterocycles. The Bertz CT molecular complexity index is 315. The zero-order chi connectivity index (χ0) is 15.3. The molecule has 0 aromatic rings. The standard InChI is InChI=1S/C15H28O4/c1-7-19-13(18)15(12(16)17,10-11(2)3)9-8-14(4,5)6/h11H,7-10H2,1-6H3,(H,16,17). The van der Waals surface area contributed by atoms with Crippen molar-refractivity contribution < 1.29 is 19.4 Å². The molecule has 4 heteroatoms. The van der Waals surface area contributed by atoms with E-state index < -0.39 is 17.4 Å². The van der Waals surface area contributed by atoms with Crippen LogP contribution in [-0.2, 0) is 14.3 Å². The van der Waals surface area contributed by atoms with Crippen LogP contribution in [0.15, 0.2) is 0 Å². The number of carboxylic acids is 1. The van der Waals surface area contributed by atoms with Gasteiger partial charge in [0.25, 0.3) is 0 Å². The summed E-state index contributed by atoms with van der Waals surface area (Å²) in [5.74, 6) is -1.54. The molecule has 0 rings (SSSR count). The van der Waals surface area contributed by atoms with E-state index in [4.69, 9.17) is 4.74 Å². The Labute approximate surface area is 116 Å². The summed E-state index contributed by atoms with van der Waals surface area (Å²) in [6.07, 6.45) is 1.31. The number of rotatable bonds is 7. The molecule has 112 valence electrons. The Morgan fingerprint density at radius 1 is 1.16 bits per heavy atom. The van der Waals surface area contributed by atoms with E-state index in [1.807, 2.05) is 34.6 Å². The topological polar surface area (TPSA) is 63.6 Å². The lowest BCUT2D eigenvalue weighted by Gasteiger charge is -2.31. The quantitative estimate of drug-likeness (QED) is 0.569. The van der Waals surface area contributed by atoms with Gasteiger partial charge in [-0.25, -0.2) is 0 Å². The third-order valence-electron chi connectivity index (χ3n) is 3.13. The lowest BCUT2D eigenvalue weighted by atomic mass is 9.73. The van der Waals surface area contributed by atoms with Crippen molar-refractivity contribution >= 4 is 11.9 Å². The molecule has 1 unspecified atom stereocenters. The Hall–Kier alpha value is -1.06. The van der Waals surface area contributed by atoms with E-state index in [2.05, 4.69) is 0 Å². The van der Waals surface area contributed by atoms with Gasteiger partial charge in [0, 0.05) is 0 Å². The van der Waals surface area contributed by atoms with Crippen LogP contribution in [0.5, 0.6) is 0 Å². The number of ether oxygens (including phenoxy) is 1. The minimum absolute atomic E-state index is 0.00975. The number of hydrogen-bond donors (Lipinski definition) is 1. The van der Waals surface area contributed by atoms with Crippen molar-refractivity contribution in [3.05, 3.63) is 0 Å². The van der Waals surface area contributed by atoms with Gasteiger partial charge in [-0.3, -0.25) is 9.59 Å². The Balaban J connectivity index is 5.26. The van der Waals surface area contributed by atoms with Crippen LogP contribution in [0.25, 0.3) is 0 Å². The van der Waals surface area contributed by atoms with Crippen molar-refractivity contribution in [1.29, 1.82) is 0 Å². The first-order valence-corrected chi connectivity index (χ1v) is 6.96. The van der Waals surface area contributed by atoms with Crippen LogP contribution in [0.4, 0.5) is 0 Å². The second-order valence-corrected chi connectivity index (χ2v) is 6.77. The molecule has 0 spiro atoms. The Morgan fingerprint density at radius 3 is 2.00 bits per heavy atom. The maximum Gasteiger partial charge on any atom is 0.323 e. The van der Waals surface area contributed by atoms with Gasteiger partial charge in [0.1, 0.15) is 0 Å². The highest BCUT2D eigenvalue weighted by Crippen LogP contribution is 2.37. The lowest BCUT2D eigenvalue weighted by Crippen LogP contribution is -2.42. The maximum atomic E-state index is 12.2. The van der Waals surface area contributed by atoms with Crippen LogP contribution in [0, 0.1) is 16.7 Å². The van der Waals surface area contributed by atoms with Gasteiger partial charge in [-0.1, -0.05) is 34.6 Å². The summed E-state index contributed by atoms with van der Waals surface area (Å²) >= 11 is 0. The highest BCUT2D eigenvalue weighted by Gasteiger charge is 2.48. The molecule has 0 saturated carbocycles. The van der Waals surface area contributed by atoms with Crippen LogP contribution in [0.3, 0.4) is 0 Å². The number of carboxylic acid groups (broad SMARTS) is 1. The molecule has 0 fully saturated rings. The van der Waals surface area contributed by atoms with Crippen molar-refractivity contribution in [2.45, 2.75) is 60.8 Å². The van der Waals surface area contributed by atoms with Gasteiger partial charge in [0.2, 0.25) is 0 Å². The monoisotopic (exact) mass is 272 g/mol. The van der Waals surface area contributed by atoms with Crippen LogP contribution < -0.4 is 0 Å². The third kappa shape index (κ3) is 5.62. The fourth-order valence-electron chi connectivity index (χ4n) is 2.12. The predicted octanol–water partition coefficient (Wildman–Crippen LogP) is 3.49. The Morgan fingerprint density at radius 2 is 1.68 bits per heavy atom. The summed E-state index contributed by atoms with van der Waals surface area (Å²) in [7, 11) is 0. The number of carbonyl (C=O) groups is 2. The molecule has 0 aliphatic carbocycles. The molecule has 4 nitrogen and oxygen atoms in total. The molecule has 0 radical (unpaired) electrons. The summed E-state index contributed by atoms with van der Waals surface area (Å²) in [4.78, 5) is 23.8. The summed E-state index contributed by atoms with van der Waals surface area (Å²) < 4.78 is 5.02. The fraction of sp³-hybridized carbons (Fsp3) is 0.867. The van der Waals surface area contributed by atoms with Crippen LogP contribution in [-0.4, -0.2) is 23.7 Å². The van der Waals surface area contributed by atoms with E-state index in [1.165, 1.54) is 0 Å². The molecule has 0 bridgehead atoms. The van der Waals surface area contributed by atoms with Gasteiger partial charge < -0.3 is 9.84 Å². The molecule has 0 heterocycles. The highest BCUT2D eigenvalue weighted by molar-refractivity contribution is 5.99. The largest absolute Gasteiger partial charge is 0.480 e. The molecule has 1 atom stereocenters. The van der Waals surface area contributed by atoms with Gasteiger partial charge in [0.15, 0.2) is 5.41 Å². The van der Waals surface area contributed by atoms with E-state index in [0.717, 1.165) is 0 Å². The van der Waals surface area contributed by atoms with Gasteiger partial charge in [-0.15, -0.1) is 0 Å². The van der Waals surface area contributed by atoms with Gasteiger partial charge in [-0.2, -0.15) is 0 Å². The average Bonchev–Trinajstić information content (AvgIpc) is 2.22. The second-order valence-electron chi connectivity index (χ2n) is 6.77. The first-order valence-electron chi connectivity index (χ1n) is 6.96. The summed E-state index contributed by atoms with van der Waals surface area (Å²) in [6, 6.07) is 0. The first kappa shape index (κ1) is 17.9. The van der Waals surface area contributed by atoms with E-state index in [1.54, 1.807) is 6.92 Å². The average molecular weight is 272 g/mol. The lowest BCUT2D eigenvalue weighted by molar-refractivity contribution is -0.171. The molecule has 0 aromatic heterocycles. The fourth-order valence-corrected chi connectivity index (χ4v) is 2.12. The first-order chi connectivity index (χ1) is 8.55. The van der Waals surface area contributed by atoms with E-state index in [0.29, 0.717) is 19.3 Å². The van der Waals surface area contributed by atoms with Crippen LogP contribution in [0.1, 0.15) is 60.8 Å².